The molecule has 0 aromatic heterocycles. The van der Waals surface area contributed by atoms with Crippen molar-refractivity contribution in [2.75, 3.05) is 0 Å². The number of Topliss-reactive ketones (excluding diaryl/α,β-unsaturated/α-hetero) is 1. The molecule has 2 aromatic rings. The number of halogens is 4. The summed E-state index contributed by atoms with van der Waals surface area (Å²) >= 11 is 0. The molecule has 0 spiro atoms. The molecule has 1 aliphatic rings. The summed E-state index contributed by atoms with van der Waals surface area (Å²) in [5.74, 6) is -3.81. The number of amides is 2. The molecule has 1 fully saturated rings. The number of hydrogen-bond acceptors (Lipinski definition) is 3. The first-order valence-corrected chi connectivity index (χ1v) is 8.27. The number of nitrogens with one attached hydrogen (secondary N) is 2. The van der Waals surface area contributed by atoms with Gasteiger partial charge in [0.2, 0.25) is 5.72 Å². The van der Waals surface area contributed by atoms with E-state index in [2.05, 4.69) is 5.32 Å². The Morgan fingerprint density at radius 3 is 2.18 bits per heavy atom. The van der Waals surface area contributed by atoms with Crippen LogP contribution in [-0.4, -0.2) is 28.8 Å². The van der Waals surface area contributed by atoms with Crippen LogP contribution in [0.3, 0.4) is 0 Å². The van der Waals surface area contributed by atoms with E-state index in [0.29, 0.717) is 0 Å². The van der Waals surface area contributed by atoms with E-state index in [0.717, 1.165) is 29.8 Å². The largest absolute Gasteiger partial charge is 0.437 e. The molecule has 28 heavy (non-hydrogen) atoms. The average Bonchev–Trinajstić information content (AvgIpc) is 2.61. The minimum Gasteiger partial charge on any atom is -0.363 e. The Morgan fingerprint density at radius 2 is 1.64 bits per heavy atom. The molecule has 5 nitrogen and oxygen atoms in total. The van der Waals surface area contributed by atoms with E-state index in [9.17, 15) is 32.3 Å². The summed E-state index contributed by atoms with van der Waals surface area (Å²) in [4.78, 5) is 24.9. The molecular formula is C19H16F4N2O3. The van der Waals surface area contributed by atoms with Crippen molar-refractivity contribution < 1.29 is 32.3 Å². The van der Waals surface area contributed by atoms with Gasteiger partial charge in [0.15, 0.2) is 5.78 Å². The number of urea groups is 1. The molecule has 9 heteroatoms. The van der Waals surface area contributed by atoms with Crippen LogP contribution >= 0.6 is 0 Å². The van der Waals surface area contributed by atoms with Gasteiger partial charge in [0.05, 0.1) is 6.04 Å². The summed E-state index contributed by atoms with van der Waals surface area (Å²) in [5, 5.41) is 14.1. The maximum atomic E-state index is 13.7. The fourth-order valence-electron chi connectivity index (χ4n) is 3.18. The second-order valence-electron chi connectivity index (χ2n) is 6.60. The Bertz CT molecular complexity index is 897. The zero-order valence-electron chi connectivity index (χ0n) is 14.5. The molecule has 1 saturated heterocycles. The quantitative estimate of drug-likeness (QED) is 0.551. The van der Waals surface area contributed by atoms with Gasteiger partial charge < -0.3 is 15.7 Å². The molecule has 3 atom stereocenters. The molecule has 0 aliphatic carbocycles. The van der Waals surface area contributed by atoms with Crippen molar-refractivity contribution in [2.24, 2.45) is 5.92 Å². The molecule has 1 heterocycles. The van der Waals surface area contributed by atoms with Gasteiger partial charge in [-0.25, -0.2) is 9.18 Å². The van der Waals surface area contributed by atoms with Crippen LogP contribution in [0.25, 0.3) is 0 Å². The Hall–Kier alpha value is -2.94. The van der Waals surface area contributed by atoms with E-state index in [1.165, 1.54) is 17.4 Å². The lowest BCUT2D eigenvalue weighted by atomic mass is 9.77. The maximum absolute atomic E-state index is 13.7. The number of rotatable bonds is 3. The summed E-state index contributed by atoms with van der Waals surface area (Å²) in [6.45, 7) is 1.74. The SMILES string of the molecule is Cc1ccc(C(=O)[C@H]2[C@H](c3ccc(F)cc3)NC(=O)N[C@]2(O)C(F)(F)F)cc1. The number of aryl methyl sites for hydroxylation is 1. The summed E-state index contributed by atoms with van der Waals surface area (Å²) in [6, 6.07) is 7.21. The third-order valence-electron chi connectivity index (χ3n) is 4.65. The monoisotopic (exact) mass is 396 g/mol. The highest BCUT2D eigenvalue weighted by atomic mass is 19.4. The van der Waals surface area contributed by atoms with Gasteiger partial charge in [-0.2, -0.15) is 13.2 Å². The summed E-state index contributed by atoms with van der Waals surface area (Å²) in [5.41, 5.74) is -3.04. The smallest absolute Gasteiger partial charge is 0.363 e. The summed E-state index contributed by atoms with van der Waals surface area (Å²) < 4.78 is 54.4. The lowest BCUT2D eigenvalue weighted by Crippen LogP contribution is -2.72. The number of alkyl halides is 3. The van der Waals surface area contributed by atoms with Crippen molar-refractivity contribution in [1.82, 2.24) is 10.6 Å². The zero-order chi connectivity index (χ0) is 20.7. The summed E-state index contributed by atoms with van der Waals surface area (Å²) in [6.07, 6.45) is -5.34. The molecule has 0 radical (unpaired) electrons. The van der Waals surface area contributed by atoms with Gasteiger partial charge in [0, 0.05) is 5.56 Å². The Balaban J connectivity index is 2.15. The van der Waals surface area contributed by atoms with Crippen LogP contribution in [0.4, 0.5) is 22.4 Å². The number of carbonyl (C=O) groups excluding carboxylic acids is 2. The molecule has 1 aliphatic heterocycles. The van der Waals surface area contributed by atoms with Crippen LogP contribution in [0, 0.1) is 18.7 Å². The van der Waals surface area contributed by atoms with Crippen molar-refractivity contribution in [3.05, 3.63) is 71.0 Å². The molecule has 3 N–H and O–H groups in total. The van der Waals surface area contributed by atoms with Crippen molar-refractivity contribution in [3.8, 4) is 0 Å². The highest BCUT2D eigenvalue weighted by Crippen LogP contribution is 2.43. The Morgan fingerprint density at radius 1 is 1.07 bits per heavy atom. The van der Waals surface area contributed by atoms with Gasteiger partial charge in [0.1, 0.15) is 11.7 Å². The maximum Gasteiger partial charge on any atom is 0.437 e. The second kappa shape index (κ2) is 6.90. The molecule has 2 aromatic carbocycles. The highest BCUT2D eigenvalue weighted by Gasteiger charge is 2.66. The van der Waals surface area contributed by atoms with Crippen molar-refractivity contribution >= 4 is 11.8 Å². The molecule has 2 amide bonds. The Kier molecular flexibility index (Phi) is 4.88. The fraction of sp³-hybridized carbons (Fsp3) is 0.263. The number of benzene rings is 2. The number of ketones is 1. The van der Waals surface area contributed by atoms with Crippen LogP contribution in [-0.2, 0) is 0 Å². The van der Waals surface area contributed by atoms with E-state index < -0.39 is 41.5 Å². The van der Waals surface area contributed by atoms with Crippen LogP contribution in [0.2, 0.25) is 0 Å². The fourth-order valence-corrected chi connectivity index (χ4v) is 3.18. The topological polar surface area (TPSA) is 78.4 Å². The lowest BCUT2D eigenvalue weighted by Gasteiger charge is -2.45. The number of hydrogen-bond donors (Lipinski definition) is 3. The normalized spacial score (nSPS) is 25.0. The van der Waals surface area contributed by atoms with Gasteiger partial charge in [-0.05, 0) is 24.6 Å². The van der Waals surface area contributed by atoms with Gasteiger partial charge >= 0.3 is 12.2 Å². The van der Waals surface area contributed by atoms with Crippen molar-refractivity contribution in [3.63, 3.8) is 0 Å². The first-order valence-electron chi connectivity index (χ1n) is 8.27. The van der Waals surface area contributed by atoms with Crippen LogP contribution in [0.15, 0.2) is 48.5 Å². The minimum absolute atomic E-state index is 0.0457. The standard InChI is InChI=1S/C19H16F4N2O3/c1-10-2-4-12(5-3-10)16(26)14-15(11-6-8-13(20)9-7-11)24-17(27)25-18(14,28)19(21,22)23/h2-9,14-15,28H,1H3,(H2,24,25,27)/t14-,15+,18-/m1/s1. The van der Waals surface area contributed by atoms with E-state index in [4.69, 9.17) is 0 Å². The number of carbonyl (C=O) groups is 2. The van der Waals surface area contributed by atoms with E-state index in [1.54, 1.807) is 19.1 Å². The van der Waals surface area contributed by atoms with Gasteiger partial charge in [-0.1, -0.05) is 42.0 Å². The van der Waals surface area contributed by atoms with E-state index in [1.807, 2.05) is 0 Å². The molecule has 0 unspecified atom stereocenters. The Labute approximate surface area is 157 Å². The molecule has 0 saturated carbocycles. The predicted molar refractivity (Wildman–Crippen MR) is 90.8 cm³/mol. The molecule has 148 valence electrons. The predicted octanol–water partition coefficient (Wildman–Crippen LogP) is 3.24. The third-order valence-corrected chi connectivity index (χ3v) is 4.65. The van der Waals surface area contributed by atoms with Gasteiger partial charge in [-0.3, -0.25) is 4.79 Å². The van der Waals surface area contributed by atoms with Crippen molar-refractivity contribution in [2.45, 2.75) is 24.9 Å². The minimum atomic E-state index is -5.34. The van der Waals surface area contributed by atoms with Crippen molar-refractivity contribution in [1.29, 1.82) is 0 Å². The highest BCUT2D eigenvalue weighted by molar-refractivity contribution is 6.00. The van der Waals surface area contributed by atoms with Crippen LogP contribution < -0.4 is 10.6 Å². The van der Waals surface area contributed by atoms with Crippen LogP contribution in [0.1, 0.15) is 27.5 Å². The second-order valence-corrected chi connectivity index (χ2v) is 6.60. The van der Waals surface area contributed by atoms with E-state index >= 15 is 0 Å². The first kappa shape index (κ1) is 19.8. The van der Waals surface area contributed by atoms with Gasteiger partial charge in [0.25, 0.3) is 0 Å². The van der Waals surface area contributed by atoms with E-state index in [-0.39, 0.29) is 11.1 Å². The molecule has 0 bridgehead atoms. The average molecular weight is 396 g/mol. The lowest BCUT2D eigenvalue weighted by molar-refractivity contribution is -0.287. The summed E-state index contributed by atoms with van der Waals surface area (Å²) in [7, 11) is 0. The molecular weight excluding hydrogens is 380 g/mol. The van der Waals surface area contributed by atoms with Crippen LogP contribution in [0.5, 0.6) is 0 Å². The third kappa shape index (κ3) is 3.45. The van der Waals surface area contributed by atoms with Gasteiger partial charge in [-0.15, -0.1) is 0 Å². The molecule has 3 rings (SSSR count). The zero-order valence-corrected chi connectivity index (χ0v) is 14.5. The number of aliphatic hydroxyl groups is 1. The first-order chi connectivity index (χ1) is 13.0.